The monoisotopic (exact) mass is 405 g/mol. The van der Waals surface area contributed by atoms with Crippen LogP contribution in [0, 0.1) is 5.92 Å². The minimum Gasteiger partial charge on any atom is -0.478 e. The van der Waals surface area contributed by atoms with Crippen molar-refractivity contribution in [1.82, 2.24) is 15.4 Å². The lowest BCUT2D eigenvalue weighted by atomic mass is 9.84. The minimum atomic E-state index is -5.03. The molecule has 1 heterocycles. The number of amides is 1. The number of hydrogen-bond acceptors (Lipinski definition) is 7. The average Bonchev–Trinajstić information content (AvgIpc) is 2.65. The summed E-state index contributed by atoms with van der Waals surface area (Å²) in [5.74, 6) is -3.16. The van der Waals surface area contributed by atoms with Crippen molar-refractivity contribution in [2.75, 3.05) is 5.43 Å². The lowest BCUT2D eigenvalue weighted by Crippen LogP contribution is -2.49. The maximum atomic E-state index is 12.9. The molecule has 0 radical (unpaired) electrons. The normalized spacial score (nSPS) is 17.6. The number of rotatable bonds is 7. The zero-order valence-corrected chi connectivity index (χ0v) is 14.9. The molecule has 0 aliphatic heterocycles. The molecule has 1 aliphatic carbocycles. The van der Waals surface area contributed by atoms with Gasteiger partial charge in [-0.25, -0.2) is 14.8 Å². The van der Waals surface area contributed by atoms with Crippen LogP contribution in [-0.2, 0) is 11.0 Å². The van der Waals surface area contributed by atoms with Crippen molar-refractivity contribution in [3.05, 3.63) is 17.5 Å². The second-order valence-corrected chi connectivity index (χ2v) is 6.72. The fourth-order valence-electron chi connectivity index (χ4n) is 3.14. The van der Waals surface area contributed by atoms with Crippen molar-refractivity contribution in [2.24, 2.45) is 11.7 Å². The summed E-state index contributed by atoms with van der Waals surface area (Å²) >= 11 is 0. The molecule has 156 valence electrons. The number of hydrazine groups is 1. The summed E-state index contributed by atoms with van der Waals surface area (Å²) in [5, 5.41) is 18.8. The van der Waals surface area contributed by atoms with Crippen molar-refractivity contribution >= 4 is 17.8 Å². The van der Waals surface area contributed by atoms with Crippen molar-refractivity contribution in [1.29, 1.82) is 0 Å². The topological polar surface area (TPSA) is 150 Å². The summed E-state index contributed by atoms with van der Waals surface area (Å²) in [6.07, 6.45) is -0.421. The molecule has 1 unspecified atom stereocenters. The van der Waals surface area contributed by atoms with E-state index in [1.807, 2.05) is 10.9 Å². The molecule has 12 heteroatoms. The third-order valence-electron chi connectivity index (χ3n) is 4.59. The average molecular weight is 405 g/mol. The Hall–Kier alpha value is -2.47. The van der Waals surface area contributed by atoms with Gasteiger partial charge in [-0.15, -0.1) is 0 Å². The molecule has 0 saturated heterocycles. The molecule has 0 bridgehead atoms. The molecule has 1 amide bonds. The van der Waals surface area contributed by atoms with Crippen LogP contribution in [0.25, 0.3) is 0 Å². The Morgan fingerprint density at radius 2 is 1.93 bits per heavy atom. The third kappa shape index (κ3) is 5.76. The smallest absolute Gasteiger partial charge is 0.434 e. The second kappa shape index (κ2) is 9.15. The van der Waals surface area contributed by atoms with Crippen LogP contribution in [0.2, 0.25) is 0 Å². The number of aliphatic hydroxyl groups excluding tert-OH is 1. The summed E-state index contributed by atoms with van der Waals surface area (Å²) in [5.41, 5.74) is 7.09. The van der Waals surface area contributed by atoms with Gasteiger partial charge in [-0.05, 0) is 12.3 Å². The second-order valence-electron chi connectivity index (χ2n) is 6.72. The van der Waals surface area contributed by atoms with Crippen LogP contribution in [0.4, 0.5) is 19.1 Å². The van der Waals surface area contributed by atoms with Gasteiger partial charge in [0.25, 0.3) is 5.91 Å². The summed E-state index contributed by atoms with van der Waals surface area (Å²) in [6, 6.07) is -0.828. The Labute approximate surface area is 158 Å². The fourth-order valence-corrected chi connectivity index (χ4v) is 3.14. The van der Waals surface area contributed by atoms with Gasteiger partial charge in [0, 0.05) is 12.2 Å². The standard InChI is InChI=1S/C16H22F3N5O4/c17-16(18,19)12-9(14(27)28)7-21-15(22-12)24-23-13(26)11(25)10(20)6-8-4-2-1-3-5-8/h7-8,10-11,25H,1-6,20H2,(H,23,26)(H,27,28)(H,21,22,24)/t10-,11?/m1/s1. The highest BCUT2D eigenvalue weighted by atomic mass is 19.4. The number of carboxylic acids is 1. The molecule has 0 aromatic carbocycles. The van der Waals surface area contributed by atoms with Crippen LogP contribution in [0.1, 0.15) is 54.6 Å². The summed E-state index contributed by atoms with van der Waals surface area (Å²) < 4.78 is 38.8. The number of carboxylic acid groups (broad SMARTS) is 1. The zero-order chi connectivity index (χ0) is 20.9. The zero-order valence-electron chi connectivity index (χ0n) is 14.9. The molecule has 28 heavy (non-hydrogen) atoms. The fraction of sp³-hybridized carbons (Fsp3) is 0.625. The minimum absolute atomic E-state index is 0.320. The predicted molar refractivity (Wildman–Crippen MR) is 90.9 cm³/mol. The first-order valence-electron chi connectivity index (χ1n) is 8.76. The number of anilines is 1. The SMILES string of the molecule is N[C@H](CC1CCCCC1)C(O)C(=O)NNc1ncc(C(=O)O)c(C(F)(F)F)n1. The van der Waals surface area contributed by atoms with E-state index in [9.17, 15) is 27.9 Å². The van der Waals surface area contributed by atoms with E-state index in [0.29, 0.717) is 18.5 Å². The summed E-state index contributed by atoms with van der Waals surface area (Å²) in [6.45, 7) is 0. The summed E-state index contributed by atoms with van der Waals surface area (Å²) in [7, 11) is 0. The number of halogens is 3. The first-order valence-corrected chi connectivity index (χ1v) is 8.76. The van der Waals surface area contributed by atoms with Gasteiger partial charge in [-0.1, -0.05) is 32.1 Å². The predicted octanol–water partition coefficient (Wildman–Crippen LogP) is 1.30. The largest absolute Gasteiger partial charge is 0.478 e. The molecule has 2 rings (SSSR count). The van der Waals surface area contributed by atoms with Gasteiger partial charge in [0.15, 0.2) is 5.69 Å². The molecule has 0 spiro atoms. The van der Waals surface area contributed by atoms with E-state index in [1.165, 1.54) is 0 Å². The Bertz CT molecular complexity index is 710. The van der Waals surface area contributed by atoms with Gasteiger partial charge in [-0.3, -0.25) is 15.6 Å². The number of nitrogens with two attached hydrogens (primary N) is 1. The van der Waals surface area contributed by atoms with E-state index >= 15 is 0 Å². The van der Waals surface area contributed by atoms with Crippen LogP contribution in [-0.4, -0.2) is 44.2 Å². The van der Waals surface area contributed by atoms with Crippen molar-refractivity contribution in [3.8, 4) is 0 Å². The molecule has 9 nitrogen and oxygen atoms in total. The van der Waals surface area contributed by atoms with Crippen molar-refractivity contribution in [3.63, 3.8) is 0 Å². The molecular weight excluding hydrogens is 383 g/mol. The van der Waals surface area contributed by atoms with Gasteiger partial charge in [0.05, 0.1) is 0 Å². The van der Waals surface area contributed by atoms with E-state index in [2.05, 4.69) is 9.97 Å². The Morgan fingerprint density at radius 3 is 2.50 bits per heavy atom. The van der Waals surface area contributed by atoms with Crippen LogP contribution in [0.3, 0.4) is 0 Å². The van der Waals surface area contributed by atoms with E-state index in [4.69, 9.17) is 10.8 Å². The highest BCUT2D eigenvalue weighted by Crippen LogP contribution is 2.30. The van der Waals surface area contributed by atoms with Gasteiger partial charge in [-0.2, -0.15) is 13.2 Å². The van der Waals surface area contributed by atoms with Gasteiger partial charge in [0.2, 0.25) is 5.95 Å². The van der Waals surface area contributed by atoms with Crippen LogP contribution < -0.4 is 16.6 Å². The highest BCUT2D eigenvalue weighted by Gasteiger charge is 2.38. The van der Waals surface area contributed by atoms with Crippen LogP contribution in [0.5, 0.6) is 0 Å². The molecule has 1 aromatic heterocycles. The van der Waals surface area contributed by atoms with E-state index in [-0.39, 0.29) is 0 Å². The van der Waals surface area contributed by atoms with Gasteiger partial charge < -0.3 is 15.9 Å². The van der Waals surface area contributed by atoms with Crippen molar-refractivity contribution < 1.29 is 33.0 Å². The third-order valence-corrected chi connectivity index (χ3v) is 4.59. The number of carbonyl (C=O) groups is 2. The number of nitrogens with zero attached hydrogens (tertiary/aromatic N) is 2. The Balaban J connectivity index is 1.96. The molecule has 2 atom stereocenters. The van der Waals surface area contributed by atoms with Gasteiger partial charge in [0.1, 0.15) is 11.7 Å². The molecule has 1 aromatic rings. The Kier molecular flexibility index (Phi) is 7.13. The first kappa shape index (κ1) is 21.8. The van der Waals surface area contributed by atoms with Crippen LogP contribution >= 0.6 is 0 Å². The van der Waals surface area contributed by atoms with Crippen LogP contribution in [0.15, 0.2) is 6.20 Å². The van der Waals surface area contributed by atoms with Crippen molar-refractivity contribution in [2.45, 2.75) is 56.8 Å². The molecular formula is C16H22F3N5O4. The van der Waals surface area contributed by atoms with E-state index < -0.39 is 47.4 Å². The number of hydrogen-bond donors (Lipinski definition) is 5. The maximum Gasteiger partial charge on any atom is 0.434 e. The molecule has 1 aliphatic rings. The van der Waals surface area contributed by atoms with E-state index in [0.717, 1.165) is 32.1 Å². The van der Waals surface area contributed by atoms with E-state index in [1.54, 1.807) is 0 Å². The number of nitrogens with one attached hydrogen (secondary N) is 2. The number of alkyl halides is 3. The highest BCUT2D eigenvalue weighted by molar-refractivity contribution is 5.89. The lowest BCUT2D eigenvalue weighted by Gasteiger charge is -2.26. The number of aliphatic hydroxyl groups is 1. The van der Waals surface area contributed by atoms with Gasteiger partial charge >= 0.3 is 12.1 Å². The molecule has 6 N–H and O–H groups in total. The maximum absolute atomic E-state index is 12.9. The Morgan fingerprint density at radius 1 is 1.29 bits per heavy atom. The first-order chi connectivity index (χ1) is 13.1. The lowest BCUT2D eigenvalue weighted by molar-refractivity contribution is -0.141. The molecule has 1 saturated carbocycles. The molecule has 1 fully saturated rings. The number of aromatic nitrogens is 2. The quantitative estimate of drug-likeness (QED) is 0.426. The summed E-state index contributed by atoms with van der Waals surface area (Å²) in [4.78, 5) is 29.3. The number of aromatic carboxylic acids is 1. The number of carbonyl (C=O) groups excluding carboxylic acids is 1.